The number of nitrogens with two attached hydrogens (primary N) is 1. The first kappa shape index (κ1) is 12.5. The quantitative estimate of drug-likeness (QED) is 0.811. The molecule has 1 heterocycles. The molecule has 86 valence electrons. The van der Waals surface area contributed by atoms with Crippen LogP contribution in [-0.4, -0.2) is 13.3 Å². The van der Waals surface area contributed by atoms with Crippen LogP contribution in [0.1, 0.15) is 25.6 Å². The maximum atomic E-state index is 6.08. The second-order valence-electron chi connectivity index (χ2n) is 5.28. The minimum Gasteiger partial charge on any atom is -0.530 e. The molecule has 0 aliphatic carbocycles. The van der Waals surface area contributed by atoms with Gasteiger partial charge in [0.15, 0.2) is 5.13 Å². The molecule has 0 fully saturated rings. The number of aromatic nitrogens is 1. The van der Waals surface area contributed by atoms with Crippen LogP contribution in [0.25, 0.3) is 0 Å². The van der Waals surface area contributed by atoms with Crippen molar-refractivity contribution in [3.8, 4) is 5.88 Å². The molecule has 0 aliphatic heterocycles. The zero-order valence-corrected chi connectivity index (χ0v) is 12.2. The largest absolute Gasteiger partial charge is 0.530 e. The summed E-state index contributed by atoms with van der Waals surface area (Å²) < 4.78 is 6.08. The van der Waals surface area contributed by atoms with Gasteiger partial charge in [0, 0.05) is 0 Å². The van der Waals surface area contributed by atoms with Gasteiger partial charge >= 0.3 is 0 Å². The molecule has 0 spiro atoms. The molecule has 1 rings (SSSR count). The van der Waals surface area contributed by atoms with E-state index in [0.717, 1.165) is 10.8 Å². The molecule has 0 unspecified atom stereocenters. The van der Waals surface area contributed by atoms with Crippen molar-refractivity contribution in [2.45, 2.75) is 45.8 Å². The number of hydrogen-bond donors (Lipinski definition) is 1. The van der Waals surface area contributed by atoms with Crippen LogP contribution in [0.5, 0.6) is 5.88 Å². The molecule has 0 aliphatic rings. The number of anilines is 1. The van der Waals surface area contributed by atoms with E-state index >= 15 is 0 Å². The van der Waals surface area contributed by atoms with E-state index in [0.29, 0.717) is 5.13 Å². The smallest absolute Gasteiger partial charge is 0.252 e. The van der Waals surface area contributed by atoms with Gasteiger partial charge in [0.2, 0.25) is 5.88 Å². The summed E-state index contributed by atoms with van der Waals surface area (Å²) in [6, 6.07) is 0. The maximum absolute atomic E-state index is 6.08. The fourth-order valence-corrected chi connectivity index (χ4v) is 2.57. The second-order valence-corrected chi connectivity index (χ2v) is 11.2. The van der Waals surface area contributed by atoms with E-state index in [9.17, 15) is 0 Å². The minimum atomic E-state index is -1.78. The lowest BCUT2D eigenvalue weighted by atomic mass is 10.2. The van der Waals surface area contributed by atoms with Gasteiger partial charge < -0.3 is 10.2 Å². The molecule has 2 N–H and O–H groups in total. The topological polar surface area (TPSA) is 48.1 Å². The van der Waals surface area contributed by atoms with Crippen LogP contribution in [0.15, 0.2) is 0 Å². The van der Waals surface area contributed by atoms with Crippen molar-refractivity contribution >= 4 is 24.8 Å². The molecular formula is C10H20N2OSSi. The average Bonchev–Trinajstić information content (AvgIpc) is 2.26. The van der Waals surface area contributed by atoms with Gasteiger partial charge in [-0.25, -0.2) is 0 Å². The Balaban J connectivity index is 2.91. The first-order chi connectivity index (χ1) is 6.63. The first-order valence-electron chi connectivity index (χ1n) is 5.05. The Bertz CT molecular complexity index is 355. The van der Waals surface area contributed by atoms with Crippen LogP contribution in [0.2, 0.25) is 18.1 Å². The number of aryl methyl sites for hydroxylation is 1. The third kappa shape index (κ3) is 2.72. The van der Waals surface area contributed by atoms with Crippen LogP contribution in [0.3, 0.4) is 0 Å². The fourth-order valence-electron chi connectivity index (χ4n) is 0.892. The highest BCUT2D eigenvalue weighted by Gasteiger charge is 2.39. The van der Waals surface area contributed by atoms with Gasteiger partial charge in [0.25, 0.3) is 8.32 Å². The molecule has 0 amide bonds. The van der Waals surface area contributed by atoms with Gasteiger partial charge in [-0.1, -0.05) is 32.1 Å². The molecule has 0 atom stereocenters. The van der Waals surface area contributed by atoms with Crippen molar-refractivity contribution in [1.82, 2.24) is 4.98 Å². The second kappa shape index (κ2) is 3.79. The Morgan fingerprint density at radius 3 is 2.20 bits per heavy atom. The highest BCUT2D eigenvalue weighted by atomic mass is 32.1. The lowest BCUT2D eigenvalue weighted by molar-refractivity contribution is 0.477. The molecular weight excluding hydrogens is 224 g/mol. The monoisotopic (exact) mass is 244 g/mol. The van der Waals surface area contributed by atoms with E-state index in [1.807, 2.05) is 6.92 Å². The summed E-state index contributed by atoms with van der Waals surface area (Å²) >= 11 is 1.48. The SMILES string of the molecule is Cc1sc(N)nc1O[Si](C)(C)C(C)(C)C. The zero-order chi connectivity index (χ0) is 11.9. The Kier molecular flexibility index (Phi) is 3.16. The molecule has 1 aromatic heterocycles. The van der Waals surface area contributed by atoms with Crippen LogP contribution < -0.4 is 10.2 Å². The predicted octanol–water partition coefficient (Wildman–Crippen LogP) is 3.42. The van der Waals surface area contributed by atoms with E-state index in [2.05, 4.69) is 38.8 Å². The molecule has 3 nitrogen and oxygen atoms in total. The third-order valence-electron chi connectivity index (χ3n) is 2.93. The van der Waals surface area contributed by atoms with Gasteiger partial charge in [-0.3, -0.25) is 0 Å². The number of hydrogen-bond acceptors (Lipinski definition) is 4. The summed E-state index contributed by atoms with van der Waals surface area (Å²) in [5, 5.41) is 0.777. The minimum absolute atomic E-state index is 0.192. The summed E-state index contributed by atoms with van der Waals surface area (Å²) in [4.78, 5) is 5.28. The van der Waals surface area contributed by atoms with Gasteiger partial charge in [-0.2, -0.15) is 4.98 Å². The maximum Gasteiger partial charge on any atom is 0.252 e. The Hall–Kier alpha value is -0.553. The number of thiazole rings is 1. The molecule has 0 saturated carbocycles. The number of nitrogen functional groups attached to an aromatic ring is 1. The first-order valence-corrected chi connectivity index (χ1v) is 8.78. The Morgan fingerprint density at radius 2 is 1.87 bits per heavy atom. The van der Waals surface area contributed by atoms with Crippen molar-refractivity contribution in [2.75, 3.05) is 5.73 Å². The standard InChI is InChI=1S/C10H20N2OSSi/c1-7-8(12-9(11)14-7)13-15(5,6)10(2,3)4/h1-6H3,(H2,11,12). The normalized spacial score (nSPS) is 12.9. The lowest BCUT2D eigenvalue weighted by Gasteiger charge is -2.35. The van der Waals surface area contributed by atoms with Crippen LogP contribution in [0, 0.1) is 6.92 Å². The van der Waals surface area contributed by atoms with Crippen LogP contribution >= 0.6 is 11.3 Å². The molecule has 0 radical (unpaired) electrons. The highest BCUT2D eigenvalue weighted by Crippen LogP contribution is 2.38. The summed E-state index contributed by atoms with van der Waals surface area (Å²) in [6.07, 6.45) is 0. The molecule has 0 saturated heterocycles. The van der Waals surface area contributed by atoms with Crippen molar-refractivity contribution in [2.24, 2.45) is 0 Å². The summed E-state index contributed by atoms with van der Waals surface area (Å²) in [5.74, 6) is 0.726. The lowest BCUT2D eigenvalue weighted by Crippen LogP contribution is -2.44. The van der Waals surface area contributed by atoms with E-state index in [4.69, 9.17) is 10.2 Å². The molecule has 0 aromatic carbocycles. The van der Waals surface area contributed by atoms with Gasteiger partial charge in [0.05, 0.1) is 4.88 Å². The molecule has 1 aromatic rings. The van der Waals surface area contributed by atoms with E-state index in [-0.39, 0.29) is 5.04 Å². The van der Waals surface area contributed by atoms with Gasteiger partial charge in [0.1, 0.15) is 0 Å². The Labute approximate surface area is 96.8 Å². The van der Waals surface area contributed by atoms with Crippen LogP contribution in [-0.2, 0) is 0 Å². The van der Waals surface area contributed by atoms with Crippen molar-refractivity contribution in [1.29, 1.82) is 0 Å². The van der Waals surface area contributed by atoms with Crippen molar-refractivity contribution in [3.63, 3.8) is 0 Å². The zero-order valence-electron chi connectivity index (χ0n) is 10.3. The van der Waals surface area contributed by atoms with Crippen molar-refractivity contribution < 1.29 is 4.43 Å². The average molecular weight is 244 g/mol. The highest BCUT2D eigenvalue weighted by molar-refractivity contribution is 7.15. The Morgan fingerprint density at radius 1 is 1.33 bits per heavy atom. The summed E-state index contributed by atoms with van der Waals surface area (Å²) in [5.41, 5.74) is 5.65. The predicted molar refractivity (Wildman–Crippen MR) is 69.1 cm³/mol. The fraction of sp³-hybridized carbons (Fsp3) is 0.700. The molecule has 0 bridgehead atoms. The number of rotatable bonds is 2. The van der Waals surface area contributed by atoms with Gasteiger partial charge in [-0.05, 0) is 25.1 Å². The van der Waals surface area contributed by atoms with E-state index in [1.54, 1.807) is 0 Å². The summed E-state index contributed by atoms with van der Waals surface area (Å²) in [6.45, 7) is 13.1. The number of nitrogens with zero attached hydrogens (tertiary/aromatic N) is 1. The molecule has 5 heteroatoms. The van der Waals surface area contributed by atoms with Gasteiger partial charge in [-0.15, -0.1) is 0 Å². The molecule has 15 heavy (non-hydrogen) atoms. The van der Waals surface area contributed by atoms with Crippen molar-refractivity contribution in [3.05, 3.63) is 4.88 Å². The van der Waals surface area contributed by atoms with E-state index in [1.165, 1.54) is 11.3 Å². The van der Waals surface area contributed by atoms with E-state index < -0.39 is 8.32 Å². The van der Waals surface area contributed by atoms with Crippen LogP contribution in [0.4, 0.5) is 5.13 Å². The summed E-state index contributed by atoms with van der Waals surface area (Å²) in [7, 11) is -1.78. The third-order valence-corrected chi connectivity index (χ3v) is 8.03.